The molecule has 0 bridgehead atoms. The fourth-order valence-electron chi connectivity index (χ4n) is 5.13. The second kappa shape index (κ2) is 7.50. The van der Waals surface area contributed by atoms with Crippen LogP contribution in [0.15, 0.2) is 30.5 Å². The van der Waals surface area contributed by atoms with Gasteiger partial charge in [0.1, 0.15) is 0 Å². The van der Waals surface area contributed by atoms with Crippen LogP contribution in [0.5, 0.6) is 0 Å². The molecular formula is C22H29N3O3. The fourth-order valence-corrected chi connectivity index (χ4v) is 5.13. The third-order valence-electron chi connectivity index (χ3n) is 6.53. The standard InChI is InChI=1S/C22H29N3O3/c26-21(19-2-3-20-18(12-19)4-6-23-20)25-7-1-5-22(16-25)13-17(15-28-22)14-24-8-10-27-11-9-24/h2-4,6,12,17,23H,1,5,7-11,13-16H2/t17-,22-/m1/s1. The molecule has 6 heteroatoms. The molecule has 28 heavy (non-hydrogen) atoms. The maximum Gasteiger partial charge on any atom is 0.253 e. The molecule has 4 heterocycles. The topological polar surface area (TPSA) is 57.8 Å². The molecule has 3 saturated heterocycles. The van der Waals surface area contributed by atoms with Crippen LogP contribution >= 0.6 is 0 Å². The molecule has 3 aliphatic rings. The lowest BCUT2D eigenvalue weighted by Crippen LogP contribution is -2.50. The van der Waals surface area contributed by atoms with Crippen LogP contribution in [0.1, 0.15) is 29.6 Å². The molecule has 0 saturated carbocycles. The summed E-state index contributed by atoms with van der Waals surface area (Å²) in [6.07, 6.45) is 5.05. The second-order valence-electron chi connectivity index (χ2n) is 8.59. The van der Waals surface area contributed by atoms with Gasteiger partial charge in [0.15, 0.2) is 0 Å². The van der Waals surface area contributed by atoms with Crippen molar-refractivity contribution in [3.63, 3.8) is 0 Å². The number of nitrogens with one attached hydrogen (secondary N) is 1. The van der Waals surface area contributed by atoms with E-state index >= 15 is 0 Å². The van der Waals surface area contributed by atoms with Gasteiger partial charge in [0.25, 0.3) is 5.91 Å². The SMILES string of the molecule is O=C(c1ccc2[nH]ccc2c1)N1CCC[C@@]2(C[C@H](CN3CCOCC3)CO2)C1. The fraction of sp³-hybridized carbons (Fsp3) is 0.591. The van der Waals surface area contributed by atoms with Crippen LogP contribution in [0.2, 0.25) is 0 Å². The number of aromatic nitrogens is 1. The Labute approximate surface area is 165 Å². The van der Waals surface area contributed by atoms with Crippen LogP contribution in [-0.4, -0.2) is 78.8 Å². The first kappa shape index (κ1) is 18.2. The van der Waals surface area contributed by atoms with E-state index in [9.17, 15) is 4.79 Å². The van der Waals surface area contributed by atoms with Crippen LogP contribution in [-0.2, 0) is 9.47 Å². The maximum absolute atomic E-state index is 13.1. The molecule has 1 aromatic carbocycles. The smallest absolute Gasteiger partial charge is 0.253 e. The number of morpholine rings is 1. The summed E-state index contributed by atoms with van der Waals surface area (Å²) in [6, 6.07) is 7.93. The van der Waals surface area contributed by atoms with E-state index in [-0.39, 0.29) is 11.5 Å². The van der Waals surface area contributed by atoms with E-state index in [0.717, 1.165) is 88.3 Å². The van der Waals surface area contributed by atoms with Crippen molar-refractivity contribution < 1.29 is 14.3 Å². The summed E-state index contributed by atoms with van der Waals surface area (Å²) in [6.45, 7) is 7.17. The quantitative estimate of drug-likeness (QED) is 0.885. The molecule has 2 aromatic rings. The van der Waals surface area contributed by atoms with Gasteiger partial charge in [0, 0.05) is 55.4 Å². The normalized spacial score (nSPS) is 29.0. The Morgan fingerprint density at radius 2 is 2.11 bits per heavy atom. The van der Waals surface area contributed by atoms with E-state index in [1.165, 1.54) is 0 Å². The van der Waals surface area contributed by atoms with E-state index in [0.29, 0.717) is 5.92 Å². The minimum atomic E-state index is -0.150. The monoisotopic (exact) mass is 383 g/mol. The molecule has 150 valence electrons. The Hall–Kier alpha value is -1.89. The molecule has 0 unspecified atom stereocenters. The second-order valence-corrected chi connectivity index (χ2v) is 8.59. The lowest BCUT2D eigenvalue weighted by Gasteiger charge is -2.40. The highest BCUT2D eigenvalue weighted by atomic mass is 16.5. The molecule has 1 aromatic heterocycles. The molecule has 1 N–H and O–H groups in total. The summed E-state index contributed by atoms with van der Waals surface area (Å²) in [4.78, 5) is 20.8. The van der Waals surface area contributed by atoms with Gasteiger partial charge in [0.05, 0.1) is 25.4 Å². The maximum atomic E-state index is 13.1. The number of nitrogens with zero attached hydrogens (tertiary/aromatic N) is 2. The molecule has 0 aliphatic carbocycles. The highest BCUT2D eigenvalue weighted by molar-refractivity contribution is 5.98. The zero-order chi connectivity index (χ0) is 19.0. The number of H-pyrrole nitrogens is 1. The minimum Gasteiger partial charge on any atom is -0.379 e. The van der Waals surface area contributed by atoms with E-state index < -0.39 is 0 Å². The van der Waals surface area contributed by atoms with Crippen molar-refractivity contribution in [3.8, 4) is 0 Å². The molecule has 3 aliphatic heterocycles. The lowest BCUT2D eigenvalue weighted by molar-refractivity contribution is -0.0451. The Balaban J connectivity index is 1.24. The lowest BCUT2D eigenvalue weighted by atomic mass is 9.86. The number of ether oxygens (including phenoxy) is 2. The first-order valence-corrected chi connectivity index (χ1v) is 10.5. The Morgan fingerprint density at radius 1 is 1.21 bits per heavy atom. The van der Waals surface area contributed by atoms with Crippen molar-refractivity contribution >= 4 is 16.8 Å². The number of hydrogen-bond donors (Lipinski definition) is 1. The van der Waals surface area contributed by atoms with Gasteiger partial charge in [-0.3, -0.25) is 9.69 Å². The van der Waals surface area contributed by atoms with E-state index in [4.69, 9.17) is 9.47 Å². The van der Waals surface area contributed by atoms with Crippen molar-refractivity contribution in [1.29, 1.82) is 0 Å². The predicted octanol–water partition coefficient (Wildman–Crippen LogP) is 2.51. The zero-order valence-electron chi connectivity index (χ0n) is 16.4. The largest absolute Gasteiger partial charge is 0.379 e. The number of benzene rings is 1. The van der Waals surface area contributed by atoms with Crippen molar-refractivity contribution in [3.05, 3.63) is 36.0 Å². The Bertz CT molecular complexity index is 844. The number of carbonyl (C=O) groups is 1. The van der Waals surface area contributed by atoms with Crippen molar-refractivity contribution in [2.75, 3.05) is 52.5 Å². The van der Waals surface area contributed by atoms with Gasteiger partial charge in [-0.05, 0) is 49.4 Å². The van der Waals surface area contributed by atoms with Crippen LogP contribution in [0, 0.1) is 5.92 Å². The van der Waals surface area contributed by atoms with Crippen LogP contribution in [0.3, 0.4) is 0 Å². The number of carbonyl (C=O) groups excluding carboxylic acids is 1. The van der Waals surface area contributed by atoms with Gasteiger partial charge < -0.3 is 19.4 Å². The summed E-state index contributed by atoms with van der Waals surface area (Å²) >= 11 is 0. The summed E-state index contributed by atoms with van der Waals surface area (Å²) in [5, 5.41) is 1.08. The first-order valence-electron chi connectivity index (χ1n) is 10.5. The number of amides is 1. The van der Waals surface area contributed by atoms with Crippen LogP contribution in [0.4, 0.5) is 0 Å². The molecule has 0 radical (unpaired) electrons. The van der Waals surface area contributed by atoms with Gasteiger partial charge in [-0.25, -0.2) is 0 Å². The number of rotatable bonds is 3. The van der Waals surface area contributed by atoms with Crippen molar-refractivity contribution in [1.82, 2.24) is 14.8 Å². The van der Waals surface area contributed by atoms with Gasteiger partial charge in [-0.15, -0.1) is 0 Å². The molecule has 6 nitrogen and oxygen atoms in total. The summed E-state index contributed by atoms with van der Waals surface area (Å²) in [7, 11) is 0. The highest BCUT2D eigenvalue weighted by Crippen LogP contribution is 2.38. The Morgan fingerprint density at radius 3 is 3.00 bits per heavy atom. The van der Waals surface area contributed by atoms with Gasteiger partial charge in [-0.1, -0.05) is 0 Å². The molecule has 2 atom stereocenters. The number of fused-ring (bicyclic) bond motifs is 1. The molecule has 5 rings (SSSR count). The average molecular weight is 383 g/mol. The predicted molar refractivity (Wildman–Crippen MR) is 107 cm³/mol. The number of piperidine rings is 1. The summed E-state index contributed by atoms with van der Waals surface area (Å²) in [5.74, 6) is 0.687. The van der Waals surface area contributed by atoms with Crippen molar-refractivity contribution in [2.45, 2.75) is 24.9 Å². The highest BCUT2D eigenvalue weighted by Gasteiger charge is 2.44. The molecule has 1 spiro atoms. The van der Waals surface area contributed by atoms with Crippen molar-refractivity contribution in [2.24, 2.45) is 5.92 Å². The molecule has 1 amide bonds. The van der Waals surface area contributed by atoms with Gasteiger partial charge in [0.2, 0.25) is 0 Å². The van der Waals surface area contributed by atoms with Gasteiger partial charge in [-0.2, -0.15) is 0 Å². The third kappa shape index (κ3) is 3.56. The molecular weight excluding hydrogens is 354 g/mol. The van der Waals surface area contributed by atoms with E-state index in [2.05, 4.69) is 9.88 Å². The van der Waals surface area contributed by atoms with E-state index in [1.807, 2.05) is 35.4 Å². The average Bonchev–Trinajstić information content (AvgIpc) is 3.35. The number of aromatic amines is 1. The number of likely N-dealkylation sites (tertiary alicyclic amines) is 1. The Kier molecular flexibility index (Phi) is 4.87. The van der Waals surface area contributed by atoms with Crippen LogP contribution < -0.4 is 0 Å². The minimum absolute atomic E-state index is 0.127. The molecule has 3 fully saturated rings. The van der Waals surface area contributed by atoms with Crippen LogP contribution in [0.25, 0.3) is 10.9 Å². The van der Waals surface area contributed by atoms with Gasteiger partial charge >= 0.3 is 0 Å². The third-order valence-corrected chi connectivity index (χ3v) is 6.53. The van der Waals surface area contributed by atoms with E-state index in [1.54, 1.807) is 0 Å². The summed E-state index contributed by atoms with van der Waals surface area (Å²) < 4.78 is 11.8. The zero-order valence-corrected chi connectivity index (χ0v) is 16.4. The number of hydrogen-bond acceptors (Lipinski definition) is 4. The summed E-state index contributed by atoms with van der Waals surface area (Å²) in [5.41, 5.74) is 1.69. The first-order chi connectivity index (χ1) is 13.7.